The lowest BCUT2D eigenvalue weighted by molar-refractivity contribution is -0.113. The van der Waals surface area contributed by atoms with Crippen molar-refractivity contribution in [3.63, 3.8) is 0 Å². The van der Waals surface area contributed by atoms with Gasteiger partial charge in [0.25, 0.3) is 0 Å². The van der Waals surface area contributed by atoms with E-state index in [4.69, 9.17) is 5.73 Å². The largest absolute Gasteiger partial charge is 0.368 e. The fourth-order valence-electron chi connectivity index (χ4n) is 1.75. The first kappa shape index (κ1) is 17.1. The van der Waals surface area contributed by atoms with E-state index in [9.17, 15) is 10.1 Å². The summed E-state index contributed by atoms with van der Waals surface area (Å²) in [7, 11) is 0. The molecule has 118 valence electrons. The minimum Gasteiger partial charge on any atom is -0.368 e. The molecule has 0 aliphatic heterocycles. The van der Waals surface area contributed by atoms with E-state index < -0.39 is 0 Å². The van der Waals surface area contributed by atoms with Gasteiger partial charge in [0.15, 0.2) is 0 Å². The van der Waals surface area contributed by atoms with Gasteiger partial charge in [-0.3, -0.25) is 4.79 Å². The van der Waals surface area contributed by atoms with Crippen molar-refractivity contribution in [1.82, 2.24) is 9.97 Å². The number of nitrogens with one attached hydrogen (secondary N) is 1. The van der Waals surface area contributed by atoms with E-state index >= 15 is 0 Å². The van der Waals surface area contributed by atoms with Crippen molar-refractivity contribution in [3.8, 4) is 6.07 Å². The van der Waals surface area contributed by atoms with E-state index in [1.54, 1.807) is 6.26 Å². The van der Waals surface area contributed by atoms with Crippen LogP contribution in [-0.4, -0.2) is 27.9 Å². The zero-order chi connectivity index (χ0) is 16.8. The third kappa shape index (κ3) is 4.61. The van der Waals surface area contributed by atoms with Gasteiger partial charge in [-0.2, -0.15) is 5.26 Å². The molecule has 1 aromatic heterocycles. The SMILES string of the molecule is CSc1nc(N)nc(SCC(=O)Nc2ccc(C)cc2)c1C#N. The van der Waals surface area contributed by atoms with Crippen LogP contribution >= 0.6 is 23.5 Å². The number of anilines is 2. The summed E-state index contributed by atoms with van der Waals surface area (Å²) in [6, 6.07) is 9.59. The molecular weight excluding hydrogens is 330 g/mol. The number of hydrogen-bond acceptors (Lipinski definition) is 7. The van der Waals surface area contributed by atoms with Crippen LogP contribution in [0.4, 0.5) is 11.6 Å². The van der Waals surface area contributed by atoms with Gasteiger partial charge in [-0.1, -0.05) is 29.5 Å². The van der Waals surface area contributed by atoms with Crippen LogP contribution in [-0.2, 0) is 4.79 Å². The predicted molar refractivity (Wildman–Crippen MR) is 93.5 cm³/mol. The minimum absolute atomic E-state index is 0.0924. The van der Waals surface area contributed by atoms with Crippen LogP contribution in [0.25, 0.3) is 0 Å². The maximum atomic E-state index is 12.0. The predicted octanol–water partition coefficient (Wildman–Crippen LogP) is 2.69. The Morgan fingerprint density at radius 2 is 1.96 bits per heavy atom. The molecule has 3 N–H and O–H groups in total. The number of nitrogen functional groups attached to an aromatic ring is 1. The molecule has 0 aliphatic rings. The number of nitrogens with two attached hydrogens (primary N) is 1. The summed E-state index contributed by atoms with van der Waals surface area (Å²) in [5.74, 6) is 0.0488. The van der Waals surface area contributed by atoms with Crippen LogP contribution in [0.2, 0.25) is 0 Å². The topological polar surface area (TPSA) is 105 Å². The highest BCUT2D eigenvalue weighted by Gasteiger charge is 2.15. The van der Waals surface area contributed by atoms with Gasteiger partial charge in [-0.15, -0.1) is 11.8 Å². The molecule has 0 aliphatic carbocycles. The van der Waals surface area contributed by atoms with Crippen molar-refractivity contribution in [1.29, 1.82) is 5.26 Å². The molecule has 0 fully saturated rings. The molecule has 1 heterocycles. The molecule has 0 spiro atoms. The van der Waals surface area contributed by atoms with Gasteiger partial charge in [0.05, 0.1) is 5.75 Å². The smallest absolute Gasteiger partial charge is 0.234 e. The Balaban J connectivity index is 2.05. The molecule has 6 nitrogen and oxygen atoms in total. The fraction of sp³-hybridized carbons (Fsp3) is 0.200. The molecule has 0 bridgehead atoms. The summed E-state index contributed by atoms with van der Waals surface area (Å²) in [5, 5.41) is 13.0. The van der Waals surface area contributed by atoms with E-state index in [-0.39, 0.29) is 17.6 Å². The number of hydrogen-bond donors (Lipinski definition) is 2. The van der Waals surface area contributed by atoms with E-state index in [0.717, 1.165) is 11.3 Å². The molecule has 0 atom stereocenters. The summed E-state index contributed by atoms with van der Waals surface area (Å²) in [6.07, 6.45) is 1.81. The third-order valence-corrected chi connectivity index (χ3v) is 4.50. The molecule has 23 heavy (non-hydrogen) atoms. The van der Waals surface area contributed by atoms with Gasteiger partial charge < -0.3 is 11.1 Å². The number of benzene rings is 1. The highest BCUT2D eigenvalue weighted by Crippen LogP contribution is 2.27. The maximum absolute atomic E-state index is 12.0. The van der Waals surface area contributed by atoms with Crippen molar-refractivity contribution in [2.24, 2.45) is 0 Å². The highest BCUT2D eigenvalue weighted by atomic mass is 32.2. The Morgan fingerprint density at radius 3 is 2.57 bits per heavy atom. The summed E-state index contributed by atoms with van der Waals surface area (Å²) in [6.45, 7) is 1.98. The molecule has 0 saturated heterocycles. The van der Waals surface area contributed by atoms with Crippen molar-refractivity contribution in [2.45, 2.75) is 17.0 Å². The van der Waals surface area contributed by atoms with Gasteiger partial charge in [-0.05, 0) is 25.3 Å². The third-order valence-electron chi connectivity index (χ3n) is 2.84. The van der Waals surface area contributed by atoms with E-state index in [2.05, 4.69) is 21.4 Å². The van der Waals surface area contributed by atoms with Crippen molar-refractivity contribution in [2.75, 3.05) is 23.1 Å². The average Bonchev–Trinajstić information content (AvgIpc) is 2.54. The summed E-state index contributed by atoms with van der Waals surface area (Å²) < 4.78 is 0. The van der Waals surface area contributed by atoms with Crippen molar-refractivity contribution in [3.05, 3.63) is 35.4 Å². The van der Waals surface area contributed by atoms with Gasteiger partial charge in [0, 0.05) is 5.69 Å². The Kier molecular flexibility index (Phi) is 5.84. The second-order valence-corrected chi connectivity index (χ2v) is 6.34. The lowest BCUT2D eigenvalue weighted by atomic mass is 10.2. The van der Waals surface area contributed by atoms with E-state index in [1.807, 2.05) is 31.2 Å². The number of rotatable bonds is 5. The van der Waals surface area contributed by atoms with Crippen LogP contribution in [0.5, 0.6) is 0 Å². The summed E-state index contributed by atoms with van der Waals surface area (Å²) in [4.78, 5) is 20.1. The molecular formula is C15H15N5OS2. The molecule has 0 radical (unpaired) electrons. The molecule has 0 saturated carbocycles. The van der Waals surface area contributed by atoms with E-state index in [0.29, 0.717) is 15.6 Å². The van der Waals surface area contributed by atoms with Crippen molar-refractivity contribution >= 4 is 41.1 Å². The van der Waals surface area contributed by atoms with Gasteiger partial charge in [0.2, 0.25) is 11.9 Å². The number of aromatic nitrogens is 2. The lowest BCUT2D eigenvalue weighted by Gasteiger charge is -2.08. The summed E-state index contributed by atoms with van der Waals surface area (Å²) >= 11 is 2.49. The Hall–Kier alpha value is -2.24. The molecule has 1 amide bonds. The van der Waals surface area contributed by atoms with Gasteiger partial charge in [0.1, 0.15) is 21.7 Å². The second-order valence-electron chi connectivity index (χ2n) is 4.59. The Bertz CT molecular complexity index is 756. The standard InChI is InChI=1S/C15H15N5OS2/c1-9-3-5-10(6-4-9)18-12(21)8-23-14-11(7-16)13(22-2)19-15(17)20-14/h3-6H,8H2,1-2H3,(H,18,21)(H2,17,19,20). The summed E-state index contributed by atoms with van der Waals surface area (Å²) in [5.41, 5.74) is 7.84. The Labute approximate surface area is 142 Å². The first-order chi connectivity index (χ1) is 11.0. The molecule has 2 rings (SSSR count). The molecule has 0 unspecified atom stereocenters. The number of carbonyl (C=O) groups is 1. The quantitative estimate of drug-likeness (QED) is 0.634. The van der Waals surface area contributed by atoms with Crippen molar-refractivity contribution < 1.29 is 4.79 Å². The average molecular weight is 345 g/mol. The minimum atomic E-state index is -0.175. The van der Waals surface area contributed by atoms with Crippen LogP contribution in [0.15, 0.2) is 34.3 Å². The molecule has 8 heteroatoms. The van der Waals surface area contributed by atoms with Gasteiger partial charge in [-0.25, -0.2) is 9.97 Å². The Morgan fingerprint density at radius 1 is 1.30 bits per heavy atom. The lowest BCUT2D eigenvalue weighted by Crippen LogP contribution is -2.14. The number of thioether (sulfide) groups is 2. The first-order valence-electron chi connectivity index (χ1n) is 6.64. The van der Waals surface area contributed by atoms with Gasteiger partial charge >= 0.3 is 0 Å². The zero-order valence-corrected chi connectivity index (χ0v) is 14.3. The number of nitriles is 1. The van der Waals surface area contributed by atoms with E-state index in [1.165, 1.54) is 23.5 Å². The highest BCUT2D eigenvalue weighted by molar-refractivity contribution is 8.00. The van der Waals surface area contributed by atoms with Crippen LogP contribution in [0.3, 0.4) is 0 Å². The fourth-order valence-corrected chi connectivity index (χ4v) is 3.13. The maximum Gasteiger partial charge on any atom is 0.234 e. The van der Waals surface area contributed by atoms with Crippen LogP contribution in [0.1, 0.15) is 11.1 Å². The molecule has 1 aromatic carbocycles. The van der Waals surface area contributed by atoms with Crippen LogP contribution in [0, 0.1) is 18.3 Å². The number of amides is 1. The second kappa shape index (κ2) is 7.85. The number of aryl methyl sites for hydroxylation is 1. The number of carbonyl (C=O) groups excluding carboxylic acids is 1. The normalized spacial score (nSPS) is 10.1. The van der Waals surface area contributed by atoms with Crippen LogP contribution < -0.4 is 11.1 Å². The zero-order valence-electron chi connectivity index (χ0n) is 12.7. The number of nitrogens with zero attached hydrogens (tertiary/aromatic N) is 3. The monoisotopic (exact) mass is 345 g/mol. The first-order valence-corrected chi connectivity index (χ1v) is 8.85. The molecule has 2 aromatic rings.